The molecule has 3 rings (SSSR count). The second kappa shape index (κ2) is 5.93. The van der Waals surface area contributed by atoms with E-state index in [0.29, 0.717) is 0 Å². The van der Waals surface area contributed by atoms with Gasteiger partial charge in [-0.05, 0) is 37.5 Å². The molecule has 0 bridgehead atoms. The third-order valence-corrected chi connectivity index (χ3v) is 3.42. The molecule has 0 aliphatic carbocycles. The van der Waals surface area contributed by atoms with Gasteiger partial charge in [-0.15, -0.1) is 12.4 Å². The van der Waals surface area contributed by atoms with Crippen molar-refractivity contribution in [3.63, 3.8) is 0 Å². The highest BCUT2D eigenvalue weighted by Gasteiger charge is 2.18. The smallest absolute Gasteiger partial charge is 0.257 e. The zero-order chi connectivity index (χ0) is 12.4. The summed E-state index contributed by atoms with van der Waals surface area (Å²) in [6, 6.07) is 11.5. The molecule has 1 amide bonds. The highest BCUT2D eigenvalue weighted by molar-refractivity contribution is 6.05. The van der Waals surface area contributed by atoms with Crippen molar-refractivity contribution >= 4 is 24.0 Å². The van der Waals surface area contributed by atoms with E-state index in [1.165, 1.54) is 18.5 Å². The number of para-hydroxylation sites is 1. The van der Waals surface area contributed by atoms with Crippen LogP contribution in [0.3, 0.4) is 0 Å². The number of aromatic nitrogens is 1. The number of benzene rings is 1. The second-order valence-electron chi connectivity index (χ2n) is 4.65. The van der Waals surface area contributed by atoms with Gasteiger partial charge in [0.15, 0.2) is 0 Å². The van der Waals surface area contributed by atoms with Crippen LogP contribution in [0.2, 0.25) is 0 Å². The molecule has 0 saturated carbocycles. The summed E-state index contributed by atoms with van der Waals surface area (Å²) < 4.78 is 2.20. The number of hydrogen-bond donors (Lipinski definition) is 1. The van der Waals surface area contributed by atoms with E-state index >= 15 is 0 Å². The lowest BCUT2D eigenvalue weighted by Gasteiger charge is -2.16. The lowest BCUT2D eigenvalue weighted by molar-refractivity contribution is 0.102. The molecule has 0 saturated heterocycles. The number of carbonyl (C=O) groups is 1. The van der Waals surface area contributed by atoms with Crippen molar-refractivity contribution in [1.29, 1.82) is 0 Å². The first-order chi connectivity index (χ1) is 8.84. The van der Waals surface area contributed by atoms with Crippen molar-refractivity contribution in [2.45, 2.75) is 25.8 Å². The number of hydrogen-bond acceptors (Lipinski definition) is 1. The summed E-state index contributed by atoms with van der Waals surface area (Å²) >= 11 is 0. The van der Waals surface area contributed by atoms with Gasteiger partial charge in [-0.1, -0.05) is 18.2 Å². The highest BCUT2D eigenvalue weighted by atomic mass is 35.5. The van der Waals surface area contributed by atoms with Crippen LogP contribution in [0.25, 0.3) is 0 Å². The van der Waals surface area contributed by atoms with Crippen molar-refractivity contribution in [3.8, 4) is 0 Å². The molecular weight excluding hydrogens is 260 g/mol. The van der Waals surface area contributed by atoms with Gasteiger partial charge in [-0.2, -0.15) is 0 Å². The first kappa shape index (κ1) is 13.7. The first-order valence-electron chi connectivity index (χ1n) is 6.39. The molecule has 1 N–H and O–H groups in total. The Bertz CT molecular complexity index is 563. The average molecular weight is 277 g/mol. The third-order valence-electron chi connectivity index (χ3n) is 3.42. The van der Waals surface area contributed by atoms with Gasteiger partial charge in [-0.25, -0.2) is 0 Å². The maximum Gasteiger partial charge on any atom is 0.257 e. The van der Waals surface area contributed by atoms with E-state index in [2.05, 4.69) is 9.88 Å². The molecule has 1 aromatic carbocycles. The molecule has 1 aliphatic heterocycles. The number of nitrogens with zero attached hydrogens (tertiary/aromatic N) is 1. The van der Waals surface area contributed by atoms with Gasteiger partial charge >= 0.3 is 0 Å². The SMILES string of the molecule is Cl.O=C(Nc1ccccc1)c1ccn2c1CCCC2. The molecule has 0 radical (unpaired) electrons. The fraction of sp³-hybridized carbons (Fsp3) is 0.267. The lowest BCUT2D eigenvalue weighted by Crippen LogP contribution is -2.17. The van der Waals surface area contributed by atoms with E-state index in [4.69, 9.17) is 0 Å². The Labute approximate surface area is 119 Å². The number of anilines is 1. The number of carbonyl (C=O) groups excluding carboxylic acids is 1. The van der Waals surface area contributed by atoms with Gasteiger partial charge < -0.3 is 9.88 Å². The molecule has 0 fully saturated rings. The minimum atomic E-state index is -0.00292. The van der Waals surface area contributed by atoms with Crippen molar-refractivity contribution in [2.24, 2.45) is 0 Å². The fourth-order valence-electron chi connectivity index (χ4n) is 2.49. The number of halogens is 1. The predicted molar refractivity (Wildman–Crippen MR) is 79.0 cm³/mol. The van der Waals surface area contributed by atoms with Crippen molar-refractivity contribution in [3.05, 3.63) is 53.9 Å². The van der Waals surface area contributed by atoms with Gasteiger partial charge in [0.1, 0.15) is 0 Å². The standard InChI is InChI=1S/C15H16N2O.ClH/c18-15(16-12-6-2-1-3-7-12)13-9-11-17-10-5-4-8-14(13)17;/h1-3,6-7,9,11H,4-5,8,10H2,(H,16,18);1H. The van der Waals surface area contributed by atoms with Gasteiger partial charge in [-0.3, -0.25) is 4.79 Å². The zero-order valence-electron chi connectivity index (χ0n) is 10.6. The first-order valence-corrected chi connectivity index (χ1v) is 6.39. The maximum absolute atomic E-state index is 12.2. The maximum atomic E-state index is 12.2. The number of fused-ring (bicyclic) bond motifs is 1. The van der Waals surface area contributed by atoms with E-state index in [0.717, 1.165) is 24.2 Å². The topological polar surface area (TPSA) is 34.0 Å². The average Bonchev–Trinajstić information content (AvgIpc) is 2.84. The summed E-state index contributed by atoms with van der Waals surface area (Å²) in [6.07, 6.45) is 5.41. The molecule has 1 aromatic heterocycles. The summed E-state index contributed by atoms with van der Waals surface area (Å²) in [5, 5.41) is 2.94. The monoisotopic (exact) mass is 276 g/mol. The quantitative estimate of drug-likeness (QED) is 0.895. The predicted octanol–water partition coefficient (Wildman–Crippen LogP) is 3.50. The van der Waals surface area contributed by atoms with Gasteiger partial charge in [0.05, 0.1) is 5.56 Å². The van der Waals surface area contributed by atoms with E-state index in [1.54, 1.807) is 0 Å². The molecule has 100 valence electrons. The minimum absolute atomic E-state index is 0. The number of aryl methyl sites for hydroxylation is 1. The Morgan fingerprint density at radius 3 is 2.68 bits per heavy atom. The molecule has 2 aromatic rings. The van der Waals surface area contributed by atoms with Crippen LogP contribution in [-0.4, -0.2) is 10.5 Å². The van der Waals surface area contributed by atoms with Gasteiger partial charge in [0.2, 0.25) is 0 Å². The lowest BCUT2D eigenvalue weighted by atomic mass is 10.1. The molecule has 19 heavy (non-hydrogen) atoms. The Balaban J connectivity index is 0.00000133. The van der Waals surface area contributed by atoms with Crippen LogP contribution in [0.5, 0.6) is 0 Å². The summed E-state index contributed by atoms with van der Waals surface area (Å²) in [4.78, 5) is 12.2. The van der Waals surface area contributed by atoms with Gasteiger partial charge in [0, 0.05) is 24.1 Å². The molecular formula is C15H17ClN2O. The molecule has 3 nitrogen and oxygen atoms in total. The number of rotatable bonds is 2. The van der Waals surface area contributed by atoms with E-state index in [9.17, 15) is 4.79 Å². The highest BCUT2D eigenvalue weighted by Crippen LogP contribution is 2.21. The van der Waals surface area contributed by atoms with Crippen LogP contribution < -0.4 is 5.32 Å². The largest absolute Gasteiger partial charge is 0.351 e. The summed E-state index contributed by atoms with van der Waals surface area (Å²) in [7, 11) is 0. The second-order valence-corrected chi connectivity index (χ2v) is 4.65. The molecule has 2 heterocycles. The van der Waals surface area contributed by atoms with Crippen LogP contribution >= 0.6 is 12.4 Å². The van der Waals surface area contributed by atoms with Crippen LogP contribution in [0, 0.1) is 0 Å². The molecule has 0 spiro atoms. The normalized spacial score (nSPS) is 13.3. The van der Waals surface area contributed by atoms with Crippen molar-refractivity contribution in [1.82, 2.24) is 4.57 Å². The Hall–Kier alpha value is -1.74. The van der Waals surface area contributed by atoms with Crippen LogP contribution in [0.1, 0.15) is 28.9 Å². The van der Waals surface area contributed by atoms with E-state index in [1.807, 2.05) is 42.6 Å². The molecule has 1 aliphatic rings. The summed E-state index contributed by atoms with van der Waals surface area (Å²) in [6.45, 7) is 1.04. The van der Waals surface area contributed by atoms with Crippen molar-refractivity contribution < 1.29 is 4.79 Å². The third kappa shape index (κ3) is 2.82. The minimum Gasteiger partial charge on any atom is -0.351 e. The summed E-state index contributed by atoms with van der Waals surface area (Å²) in [5.41, 5.74) is 2.84. The molecule has 4 heteroatoms. The number of nitrogens with one attached hydrogen (secondary N) is 1. The van der Waals surface area contributed by atoms with Crippen LogP contribution in [0.4, 0.5) is 5.69 Å². The molecule has 0 unspecified atom stereocenters. The van der Waals surface area contributed by atoms with E-state index < -0.39 is 0 Å². The zero-order valence-corrected chi connectivity index (χ0v) is 11.5. The van der Waals surface area contributed by atoms with Crippen LogP contribution in [-0.2, 0) is 13.0 Å². The molecule has 0 atom stereocenters. The number of amides is 1. The van der Waals surface area contributed by atoms with Crippen molar-refractivity contribution in [2.75, 3.05) is 5.32 Å². The van der Waals surface area contributed by atoms with E-state index in [-0.39, 0.29) is 18.3 Å². The van der Waals surface area contributed by atoms with Gasteiger partial charge in [0.25, 0.3) is 5.91 Å². The Kier molecular flexibility index (Phi) is 4.27. The Morgan fingerprint density at radius 1 is 1.11 bits per heavy atom. The van der Waals surface area contributed by atoms with Crippen LogP contribution in [0.15, 0.2) is 42.6 Å². The fourth-order valence-corrected chi connectivity index (χ4v) is 2.49. The summed E-state index contributed by atoms with van der Waals surface area (Å²) in [5.74, 6) is -0.00292. The Morgan fingerprint density at radius 2 is 1.89 bits per heavy atom.